The van der Waals surface area contributed by atoms with Crippen molar-refractivity contribution < 1.29 is 38.4 Å². The van der Waals surface area contributed by atoms with Crippen LogP contribution < -0.4 is 44.0 Å². The van der Waals surface area contributed by atoms with E-state index in [1.165, 1.54) is 19.6 Å². The molecule has 23 nitrogen and oxygen atoms in total. The molecule has 0 saturated carbocycles. The van der Waals surface area contributed by atoms with Crippen LogP contribution in [0.5, 0.6) is 17.6 Å². The number of rotatable bonds is 14. The fourth-order valence-electron chi connectivity index (χ4n) is 13.9. The predicted octanol–water partition coefficient (Wildman–Crippen LogP) is 11.4. The molecule has 0 unspecified atom stereocenters. The molecule has 2 N–H and O–H groups in total. The molecule has 24 heteroatoms. The van der Waals surface area contributed by atoms with E-state index in [0.717, 1.165) is 212 Å². The lowest BCUT2D eigenvalue weighted by molar-refractivity contribution is -0.147. The van der Waals surface area contributed by atoms with Gasteiger partial charge in [0, 0.05) is 157 Å². The van der Waals surface area contributed by atoms with Crippen LogP contribution >= 0.6 is 11.6 Å². The number of aromatic nitrogens is 9. The maximum absolute atomic E-state index is 11.8. The summed E-state index contributed by atoms with van der Waals surface area (Å²) in [6.45, 7) is 14.3. The van der Waals surface area contributed by atoms with Crippen molar-refractivity contribution in [3.05, 3.63) is 152 Å². The second-order valence-corrected chi connectivity index (χ2v) is 27.1. The Labute approximate surface area is 590 Å². The summed E-state index contributed by atoms with van der Waals surface area (Å²) in [5.41, 5.74) is 2.45. The van der Waals surface area contributed by atoms with Crippen molar-refractivity contribution >= 4 is 85.3 Å². The Morgan fingerprint density at radius 1 is 0.420 bits per heavy atom. The van der Waals surface area contributed by atoms with Gasteiger partial charge in [0.1, 0.15) is 35.8 Å². The van der Waals surface area contributed by atoms with Gasteiger partial charge in [-0.3, -0.25) is 9.59 Å². The van der Waals surface area contributed by atoms with Crippen molar-refractivity contribution in [3.63, 3.8) is 0 Å². The number of aliphatic hydroxyl groups is 1. The summed E-state index contributed by atoms with van der Waals surface area (Å²) in [6, 6.07) is 37.3. The highest BCUT2D eigenvalue weighted by Gasteiger charge is 2.34. The second-order valence-electron chi connectivity index (χ2n) is 26.8. The molecule has 3 aromatic carbocycles. The Morgan fingerprint density at radius 3 is 1.13 bits per heavy atom. The minimum Gasteiger partial charge on any atom is -0.472 e. The number of methoxy groups -OCH3 is 2. The van der Waals surface area contributed by atoms with Crippen LogP contribution in [0.2, 0.25) is 5.15 Å². The lowest BCUT2D eigenvalue weighted by Gasteiger charge is -2.38. The van der Waals surface area contributed by atoms with Gasteiger partial charge in [-0.15, -0.1) is 0 Å². The predicted molar refractivity (Wildman–Crippen MR) is 390 cm³/mol. The fourth-order valence-corrected chi connectivity index (χ4v) is 14.1. The number of benzene rings is 3. The van der Waals surface area contributed by atoms with Crippen LogP contribution in [0.15, 0.2) is 146 Å². The van der Waals surface area contributed by atoms with Crippen molar-refractivity contribution in [2.75, 3.05) is 117 Å². The molecule has 15 rings (SSSR count). The smallest absolute Gasteiger partial charge is 0.308 e. The third kappa shape index (κ3) is 18.6. The van der Waals surface area contributed by atoms with Crippen LogP contribution in [-0.4, -0.2) is 179 Å². The first kappa shape index (κ1) is 70.5. The normalized spacial score (nSPS) is 17.8. The molecule has 6 saturated heterocycles. The number of anilines is 5. The van der Waals surface area contributed by atoms with Gasteiger partial charge in [0.15, 0.2) is 16.8 Å². The number of carbonyl (C=O) groups is 2. The van der Waals surface area contributed by atoms with Gasteiger partial charge in [-0.1, -0.05) is 66.2 Å². The maximum Gasteiger partial charge on any atom is 0.308 e. The number of nitrogens with zero attached hydrogens (tertiary/aromatic N) is 14. The molecule has 6 fully saturated rings. The summed E-state index contributed by atoms with van der Waals surface area (Å²) in [5.74, 6) is 6.50. The number of hydrogen-bond donors (Lipinski definition) is 2. The molecule has 100 heavy (non-hydrogen) atoms. The van der Waals surface area contributed by atoms with E-state index < -0.39 is 5.60 Å². The molecule has 526 valence electrons. The van der Waals surface area contributed by atoms with Crippen LogP contribution in [0.3, 0.4) is 0 Å². The Morgan fingerprint density at radius 2 is 0.750 bits per heavy atom. The van der Waals surface area contributed by atoms with Gasteiger partial charge >= 0.3 is 11.9 Å². The summed E-state index contributed by atoms with van der Waals surface area (Å²) in [7, 11) is 2.90. The highest BCUT2D eigenvalue weighted by Crippen LogP contribution is 2.36. The summed E-state index contributed by atoms with van der Waals surface area (Å²) in [6.07, 6.45) is 21.0. The number of ether oxygens (including phenoxy) is 5. The van der Waals surface area contributed by atoms with Gasteiger partial charge in [0.05, 0.1) is 48.2 Å². The van der Waals surface area contributed by atoms with E-state index in [1.807, 2.05) is 56.3 Å². The number of halogens is 1. The molecule has 9 aromatic rings. The first-order valence-electron chi connectivity index (χ1n) is 35.3. The highest BCUT2D eigenvalue weighted by molar-refractivity contribution is 6.30. The zero-order valence-electron chi connectivity index (χ0n) is 57.7. The van der Waals surface area contributed by atoms with E-state index >= 15 is 0 Å². The third-order valence-electron chi connectivity index (χ3n) is 19.8. The molecular formula is C76H92ClN15O8. The number of hydrogen-bond acceptors (Lipinski definition) is 23. The number of nitrogens with one attached hydrogen (secondary N) is 1. The number of para-hydroxylation sites is 3. The average molecular weight is 1380 g/mol. The topological polar surface area (TPSA) is 245 Å². The van der Waals surface area contributed by atoms with Gasteiger partial charge < -0.3 is 58.6 Å². The van der Waals surface area contributed by atoms with Crippen molar-refractivity contribution in [2.45, 2.75) is 115 Å². The SMILES string of the molecule is CC(C)(O)C1CCN(c2nccnc2OC2CCN(c3ccc4ccccc4n3)CC2)CC1.COC(=O)C1CCN(c2nccnc2OC2CCN(c3ccc4ccccc4n3)CC2)CC1.COC(=O)C1CCNCC1.Clc1nccnc1OC1CCN(c2ccc3ccccc3n2)CC1. The zero-order valence-corrected chi connectivity index (χ0v) is 58.5. The summed E-state index contributed by atoms with van der Waals surface area (Å²) in [5, 5.41) is 17.3. The first-order valence-corrected chi connectivity index (χ1v) is 35.7. The van der Waals surface area contributed by atoms with Gasteiger partial charge in [-0.05, 0) is 126 Å². The molecule has 0 amide bonds. The van der Waals surface area contributed by atoms with E-state index in [4.69, 9.17) is 45.5 Å². The Hall–Kier alpha value is -9.32. The standard InChI is InChI=1S/C26H33N5O2.C25H29N5O3.C18H17ClN4O.C7H13NO2/c1-26(2,32)20-9-15-31(16-10-20)24-25(28-14-13-27-24)33-21-11-17-30(18-12-21)23-8-7-19-5-3-4-6-22(19)29-23;1-32-25(31)19-8-14-30(15-9-19)23-24(27-13-12-26-23)33-20-10-16-29(17-11-20)22-7-6-18-4-2-3-5-21(18)28-22;19-17-18(21-10-9-20-17)24-14-7-11-23(12-8-14)16-6-5-13-3-1-2-4-15(13)22-16;1-10-7(9)6-2-4-8-5-3-6/h3-8,13-14,20-21,32H,9-12,15-18H2,1-2H3;2-7,12-13,19-20H,8-11,14-17H2,1H3;1-6,9-10,14H,7-8,11-12H2;6,8H,2-5H2,1H3. The quantitative estimate of drug-likeness (QED) is 0.0961. The lowest BCUT2D eigenvalue weighted by Crippen LogP contribution is -2.42. The van der Waals surface area contributed by atoms with Crippen LogP contribution in [0.1, 0.15) is 90.9 Å². The number of piperidine rings is 6. The Bertz CT molecular complexity index is 4110. The van der Waals surface area contributed by atoms with Crippen molar-refractivity contribution in [2.24, 2.45) is 17.8 Å². The molecule has 0 bridgehead atoms. The molecule has 0 atom stereocenters. The monoisotopic (exact) mass is 1380 g/mol. The van der Waals surface area contributed by atoms with Crippen molar-refractivity contribution in [1.29, 1.82) is 0 Å². The molecule has 6 aliphatic heterocycles. The number of carbonyl (C=O) groups excluding carboxylic acids is 2. The molecule has 0 aliphatic carbocycles. The van der Waals surface area contributed by atoms with Crippen LogP contribution in [0.25, 0.3) is 32.7 Å². The summed E-state index contributed by atoms with van der Waals surface area (Å²) in [4.78, 5) is 74.9. The highest BCUT2D eigenvalue weighted by atomic mass is 35.5. The van der Waals surface area contributed by atoms with E-state index in [-0.39, 0.29) is 42.1 Å². The third-order valence-corrected chi connectivity index (χ3v) is 20.1. The van der Waals surface area contributed by atoms with Crippen LogP contribution in [-0.2, 0) is 19.1 Å². The Balaban J connectivity index is 0.000000134. The molecule has 0 spiro atoms. The first-order chi connectivity index (χ1) is 48.8. The van der Waals surface area contributed by atoms with Gasteiger partial charge in [0.25, 0.3) is 17.6 Å². The van der Waals surface area contributed by atoms with Crippen LogP contribution in [0, 0.1) is 17.8 Å². The second kappa shape index (κ2) is 34.2. The summed E-state index contributed by atoms with van der Waals surface area (Å²) < 4.78 is 28.1. The molecule has 0 radical (unpaired) electrons. The minimum absolute atomic E-state index is 0.0414. The van der Waals surface area contributed by atoms with Crippen molar-refractivity contribution in [1.82, 2.24) is 50.2 Å². The Kier molecular flexibility index (Phi) is 24.1. The van der Waals surface area contributed by atoms with E-state index in [1.54, 1.807) is 37.2 Å². The van der Waals surface area contributed by atoms with E-state index in [9.17, 15) is 14.7 Å². The van der Waals surface area contributed by atoms with Gasteiger partial charge in [-0.25, -0.2) is 44.9 Å². The number of esters is 2. The molecule has 6 aromatic heterocycles. The fraction of sp³-hybridized carbons (Fsp3) is 0.461. The lowest BCUT2D eigenvalue weighted by atomic mass is 9.83. The zero-order chi connectivity index (χ0) is 69.2. The molecule has 12 heterocycles. The maximum atomic E-state index is 11.8. The van der Waals surface area contributed by atoms with Gasteiger partial charge in [0.2, 0.25) is 0 Å². The van der Waals surface area contributed by atoms with Crippen molar-refractivity contribution in [3.8, 4) is 17.6 Å². The van der Waals surface area contributed by atoms with E-state index in [2.05, 4.69) is 131 Å². The average Bonchev–Trinajstić information content (AvgIpc) is 0.837. The van der Waals surface area contributed by atoms with Gasteiger partial charge in [-0.2, -0.15) is 0 Å². The molecule has 6 aliphatic rings. The summed E-state index contributed by atoms with van der Waals surface area (Å²) >= 11 is 6.00. The number of pyridine rings is 3. The van der Waals surface area contributed by atoms with Crippen LogP contribution in [0.4, 0.5) is 29.1 Å². The largest absolute Gasteiger partial charge is 0.472 e. The molecular weight excluding hydrogens is 1290 g/mol. The van der Waals surface area contributed by atoms with E-state index in [0.29, 0.717) is 28.7 Å². The minimum atomic E-state index is -0.637. The number of fused-ring (bicyclic) bond motifs is 3.